The molecule has 0 spiro atoms. The molecule has 1 fully saturated rings. The van der Waals surface area contributed by atoms with Gasteiger partial charge in [0.15, 0.2) is 5.82 Å². The summed E-state index contributed by atoms with van der Waals surface area (Å²) in [6.45, 7) is 0. The summed E-state index contributed by atoms with van der Waals surface area (Å²) in [5.74, 6) is -1.03. The van der Waals surface area contributed by atoms with Crippen LogP contribution in [0.4, 0.5) is 4.39 Å². The number of amides is 1. The van der Waals surface area contributed by atoms with Crippen molar-refractivity contribution in [2.24, 2.45) is 0 Å². The summed E-state index contributed by atoms with van der Waals surface area (Å²) in [6.07, 6.45) is 3.90. The molecule has 1 amide bonds. The molecule has 2 nitrogen and oxygen atoms in total. The van der Waals surface area contributed by atoms with Crippen molar-refractivity contribution in [2.45, 2.75) is 36.6 Å². The van der Waals surface area contributed by atoms with E-state index in [4.69, 9.17) is 11.6 Å². The fourth-order valence-corrected chi connectivity index (χ4v) is 2.84. The lowest BCUT2D eigenvalue weighted by atomic mass is 9.95. The summed E-state index contributed by atoms with van der Waals surface area (Å²) in [5, 5.41) is 2.84. The van der Waals surface area contributed by atoms with E-state index in [1.54, 1.807) is 6.07 Å². The van der Waals surface area contributed by atoms with E-state index in [9.17, 15) is 9.18 Å². The molecule has 0 atom stereocenters. The first-order valence-electron chi connectivity index (χ1n) is 5.97. The van der Waals surface area contributed by atoms with Crippen LogP contribution >= 0.6 is 27.5 Å². The molecule has 0 heterocycles. The minimum atomic E-state index is -0.647. The van der Waals surface area contributed by atoms with Crippen LogP contribution in [0.5, 0.6) is 0 Å². The molecule has 98 valence electrons. The molecule has 0 bridgehead atoms. The first-order chi connectivity index (χ1) is 8.58. The maximum atomic E-state index is 13.7. The van der Waals surface area contributed by atoms with E-state index in [0.717, 1.165) is 25.7 Å². The fraction of sp³-hybridized carbons (Fsp3) is 0.462. The molecule has 1 aromatic carbocycles. The van der Waals surface area contributed by atoms with Crippen molar-refractivity contribution in [2.75, 3.05) is 0 Å². The third-order valence-electron chi connectivity index (χ3n) is 3.19. The first-order valence-corrected chi connectivity index (χ1v) is 7.26. The Morgan fingerprint density at radius 2 is 2.00 bits per heavy atom. The van der Waals surface area contributed by atoms with Crippen molar-refractivity contribution in [1.29, 1.82) is 0 Å². The van der Waals surface area contributed by atoms with E-state index in [2.05, 4.69) is 21.2 Å². The Balaban J connectivity index is 2.01. The second-order valence-corrected chi connectivity index (χ2v) is 6.23. The molecule has 1 aliphatic carbocycles. The van der Waals surface area contributed by atoms with Crippen LogP contribution in [0, 0.1) is 5.82 Å². The van der Waals surface area contributed by atoms with Crippen LogP contribution in [0.3, 0.4) is 0 Å². The van der Waals surface area contributed by atoms with Crippen LogP contribution in [0.2, 0.25) is 5.02 Å². The zero-order chi connectivity index (χ0) is 13.1. The molecule has 5 heteroatoms. The van der Waals surface area contributed by atoms with Gasteiger partial charge < -0.3 is 5.32 Å². The normalized spacial score (nSPS) is 23.7. The molecule has 2 rings (SSSR count). The summed E-state index contributed by atoms with van der Waals surface area (Å²) in [4.78, 5) is 12.5. The third-order valence-corrected chi connectivity index (χ3v) is 4.40. The van der Waals surface area contributed by atoms with Gasteiger partial charge in [-0.25, -0.2) is 4.39 Å². The Hall–Kier alpha value is -0.610. The summed E-state index contributed by atoms with van der Waals surface area (Å²) in [7, 11) is 0. The minimum absolute atomic E-state index is 0.0171. The highest BCUT2D eigenvalue weighted by Gasteiger charge is 2.22. The minimum Gasteiger partial charge on any atom is -0.349 e. The Labute approximate surface area is 119 Å². The van der Waals surface area contributed by atoms with Crippen molar-refractivity contribution in [3.05, 3.63) is 34.6 Å². The summed E-state index contributed by atoms with van der Waals surface area (Å²) >= 11 is 9.22. The maximum absolute atomic E-state index is 13.7. The van der Waals surface area contributed by atoms with E-state index >= 15 is 0 Å². The van der Waals surface area contributed by atoms with E-state index in [1.807, 2.05) is 0 Å². The number of alkyl halides is 1. The molecule has 0 unspecified atom stereocenters. The lowest BCUT2D eigenvalue weighted by molar-refractivity contribution is 0.0924. The Morgan fingerprint density at radius 3 is 2.67 bits per heavy atom. The van der Waals surface area contributed by atoms with Crippen LogP contribution in [0.1, 0.15) is 36.0 Å². The molecular weight excluding hydrogens is 321 g/mol. The first kappa shape index (κ1) is 13.8. The number of rotatable bonds is 2. The highest BCUT2D eigenvalue weighted by Crippen LogP contribution is 2.25. The number of carbonyl (C=O) groups is 1. The van der Waals surface area contributed by atoms with Crippen molar-refractivity contribution >= 4 is 33.4 Å². The van der Waals surface area contributed by atoms with Crippen LogP contribution in [0.15, 0.2) is 18.2 Å². The highest BCUT2D eigenvalue weighted by atomic mass is 79.9. The lowest BCUT2D eigenvalue weighted by Crippen LogP contribution is -2.38. The van der Waals surface area contributed by atoms with Gasteiger partial charge in [0.25, 0.3) is 5.91 Å². The average molecular weight is 335 g/mol. The SMILES string of the molecule is O=C(NC1CCC(Br)CC1)c1cccc(Cl)c1F. The van der Waals surface area contributed by atoms with Gasteiger partial charge in [-0.1, -0.05) is 33.6 Å². The van der Waals surface area contributed by atoms with Gasteiger partial charge >= 0.3 is 0 Å². The van der Waals surface area contributed by atoms with Crippen molar-refractivity contribution in [1.82, 2.24) is 5.32 Å². The van der Waals surface area contributed by atoms with Crippen LogP contribution in [-0.2, 0) is 0 Å². The van der Waals surface area contributed by atoms with Gasteiger partial charge in [0, 0.05) is 10.9 Å². The fourth-order valence-electron chi connectivity index (χ4n) is 2.14. The molecule has 0 aromatic heterocycles. The van der Waals surface area contributed by atoms with Crippen LogP contribution in [0.25, 0.3) is 0 Å². The van der Waals surface area contributed by atoms with Gasteiger partial charge in [-0.2, -0.15) is 0 Å². The number of halogens is 3. The second-order valence-electron chi connectivity index (χ2n) is 4.52. The summed E-state index contributed by atoms with van der Waals surface area (Å²) in [6, 6.07) is 4.59. The zero-order valence-electron chi connectivity index (χ0n) is 9.76. The van der Waals surface area contributed by atoms with E-state index < -0.39 is 5.82 Å². The molecule has 18 heavy (non-hydrogen) atoms. The predicted octanol–water partition coefficient (Wildman–Crippen LogP) is 3.92. The molecule has 1 aromatic rings. The molecule has 1 aliphatic rings. The van der Waals surface area contributed by atoms with Gasteiger partial charge in [0.2, 0.25) is 0 Å². The molecular formula is C13H14BrClFNO. The van der Waals surface area contributed by atoms with Crippen molar-refractivity contribution in [3.8, 4) is 0 Å². The molecule has 0 aliphatic heterocycles. The quantitative estimate of drug-likeness (QED) is 0.816. The topological polar surface area (TPSA) is 29.1 Å². The van der Waals surface area contributed by atoms with Gasteiger partial charge in [-0.15, -0.1) is 0 Å². The van der Waals surface area contributed by atoms with E-state index in [1.165, 1.54) is 12.1 Å². The molecule has 0 saturated heterocycles. The zero-order valence-corrected chi connectivity index (χ0v) is 12.1. The number of nitrogens with one attached hydrogen (secondary N) is 1. The number of carbonyl (C=O) groups excluding carboxylic acids is 1. The molecule has 1 N–H and O–H groups in total. The Bertz CT molecular complexity index is 447. The van der Waals surface area contributed by atoms with E-state index in [0.29, 0.717) is 4.83 Å². The van der Waals surface area contributed by atoms with Crippen LogP contribution in [-0.4, -0.2) is 16.8 Å². The number of benzene rings is 1. The van der Waals surface area contributed by atoms with E-state index in [-0.39, 0.29) is 22.5 Å². The average Bonchev–Trinajstić information content (AvgIpc) is 2.35. The maximum Gasteiger partial charge on any atom is 0.254 e. The highest BCUT2D eigenvalue weighted by molar-refractivity contribution is 9.09. The van der Waals surface area contributed by atoms with Crippen molar-refractivity contribution in [3.63, 3.8) is 0 Å². The predicted molar refractivity (Wildman–Crippen MR) is 73.8 cm³/mol. The van der Waals surface area contributed by atoms with Crippen LogP contribution < -0.4 is 5.32 Å². The number of hydrogen-bond donors (Lipinski definition) is 1. The Kier molecular flexibility index (Phi) is 4.62. The van der Waals surface area contributed by atoms with Gasteiger partial charge in [0.05, 0.1) is 10.6 Å². The van der Waals surface area contributed by atoms with Gasteiger partial charge in [-0.3, -0.25) is 4.79 Å². The smallest absolute Gasteiger partial charge is 0.254 e. The second kappa shape index (κ2) is 6.02. The monoisotopic (exact) mass is 333 g/mol. The summed E-state index contributed by atoms with van der Waals surface area (Å²) in [5.41, 5.74) is 0.0171. The van der Waals surface area contributed by atoms with Gasteiger partial charge in [-0.05, 0) is 37.8 Å². The standard InChI is InChI=1S/C13H14BrClFNO/c14-8-4-6-9(7-5-8)17-13(18)10-2-1-3-11(15)12(10)16/h1-3,8-9H,4-7H2,(H,17,18). The number of hydrogen-bond acceptors (Lipinski definition) is 1. The third kappa shape index (κ3) is 3.23. The molecule has 0 radical (unpaired) electrons. The van der Waals surface area contributed by atoms with Crippen molar-refractivity contribution < 1.29 is 9.18 Å². The molecule has 1 saturated carbocycles. The lowest BCUT2D eigenvalue weighted by Gasteiger charge is -2.26. The summed E-state index contributed by atoms with van der Waals surface area (Å²) < 4.78 is 13.7. The van der Waals surface area contributed by atoms with Gasteiger partial charge in [0.1, 0.15) is 0 Å². The largest absolute Gasteiger partial charge is 0.349 e. The Morgan fingerprint density at radius 1 is 1.33 bits per heavy atom.